The highest BCUT2D eigenvalue weighted by molar-refractivity contribution is 4.97. The molecule has 1 aliphatic heterocycles. The summed E-state index contributed by atoms with van der Waals surface area (Å²) in [4.78, 5) is 6.17. The zero-order valence-electron chi connectivity index (χ0n) is 7.77. The van der Waals surface area contributed by atoms with Crippen LogP contribution in [0.5, 0.6) is 0 Å². The molecule has 1 saturated heterocycles. The van der Waals surface area contributed by atoms with Crippen LogP contribution in [0, 0.1) is 6.92 Å². The molecule has 0 radical (unpaired) electrons. The molecule has 1 fully saturated rings. The zero-order valence-corrected chi connectivity index (χ0v) is 7.77. The summed E-state index contributed by atoms with van der Waals surface area (Å²) in [5.41, 5.74) is 0. The number of hydrogen-bond donors (Lipinski definition) is 1. The van der Waals surface area contributed by atoms with Crippen LogP contribution in [0.2, 0.25) is 0 Å². The van der Waals surface area contributed by atoms with E-state index < -0.39 is 0 Å². The van der Waals surface area contributed by atoms with E-state index in [-0.39, 0.29) is 12.1 Å². The first-order valence-corrected chi connectivity index (χ1v) is 4.35. The molecular formula is C8H13N3O2. The average Bonchev–Trinajstić information content (AvgIpc) is 2.58. The van der Waals surface area contributed by atoms with E-state index in [1.54, 1.807) is 6.92 Å². The van der Waals surface area contributed by atoms with Crippen molar-refractivity contribution in [3.8, 4) is 0 Å². The van der Waals surface area contributed by atoms with Gasteiger partial charge in [-0.2, -0.15) is 4.98 Å². The fourth-order valence-electron chi connectivity index (χ4n) is 1.71. The average molecular weight is 183 g/mol. The van der Waals surface area contributed by atoms with Crippen LogP contribution in [0.4, 0.5) is 0 Å². The second kappa shape index (κ2) is 3.08. The van der Waals surface area contributed by atoms with Crippen LogP contribution in [0.1, 0.15) is 24.2 Å². The molecule has 0 unspecified atom stereocenters. The van der Waals surface area contributed by atoms with Crippen LogP contribution in [0.25, 0.3) is 0 Å². The van der Waals surface area contributed by atoms with Gasteiger partial charge < -0.3 is 9.63 Å². The minimum absolute atomic E-state index is 0.0798. The molecule has 2 heterocycles. The Balaban J connectivity index is 2.17. The number of likely N-dealkylation sites (N-methyl/N-ethyl adjacent to an activating group) is 1. The second-order valence-corrected chi connectivity index (χ2v) is 3.52. The molecule has 1 aromatic rings. The number of hydrogen-bond acceptors (Lipinski definition) is 5. The van der Waals surface area contributed by atoms with Crippen LogP contribution >= 0.6 is 0 Å². The number of aliphatic hydroxyl groups excluding tert-OH is 1. The van der Waals surface area contributed by atoms with Gasteiger partial charge in [0.2, 0.25) is 5.89 Å². The molecule has 1 aromatic heterocycles. The van der Waals surface area contributed by atoms with E-state index >= 15 is 0 Å². The van der Waals surface area contributed by atoms with Gasteiger partial charge >= 0.3 is 0 Å². The first-order chi connectivity index (χ1) is 6.16. The normalized spacial score (nSPS) is 29.8. The van der Waals surface area contributed by atoms with E-state index in [4.69, 9.17) is 4.52 Å². The van der Waals surface area contributed by atoms with E-state index in [2.05, 4.69) is 10.1 Å². The quantitative estimate of drug-likeness (QED) is 0.669. The first-order valence-electron chi connectivity index (χ1n) is 4.35. The van der Waals surface area contributed by atoms with Crippen LogP contribution in [-0.4, -0.2) is 39.8 Å². The summed E-state index contributed by atoms with van der Waals surface area (Å²) >= 11 is 0. The summed E-state index contributed by atoms with van der Waals surface area (Å²) in [5.74, 6) is 1.25. The number of nitrogens with zero attached hydrogens (tertiary/aromatic N) is 3. The van der Waals surface area contributed by atoms with Crippen LogP contribution < -0.4 is 0 Å². The van der Waals surface area contributed by atoms with Crippen molar-refractivity contribution < 1.29 is 9.63 Å². The maximum Gasteiger partial charge on any atom is 0.244 e. The molecule has 0 saturated carbocycles. The molecule has 72 valence electrons. The highest BCUT2D eigenvalue weighted by atomic mass is 16.5. The molecule has 2 atom stereocenters. The Morgan fingerprint density at radius 1 is 1.62 bits per heavy atom. The minimum atomic E-state index is -0.276. The first kappa shape index (κ1) is 8.65. The Morgan fingerprint density at radius 3 is 2.85 bits per heavy atom. The van der Waals surface area contributed by atoms with Gasteiger partial charge in [0.15, 0.2) is 5.82 Å². The SMILES string of the molecule is Cc1noc([C@H]2C[C@@H](O)CN2C)n1. The van der Waals surface area contributed by atoms with E-state index in [0.29, 0.717) is 24.7 Å². The molecule has 13 heavy (non-hydrogen) atoms. The number of rotatable bonds is 1. The van der Waals surface area contributed by atoms with Crippen LogP contribution in [0.3, 0.4) is 0 Å². The Bertz CT molecular complexity index is 299. The van der Waals surface area contributed by atoms with Gasteiger partial charge in [0.25, 0.3) is 0 Å². The van der Waals surface area contributed by atoms with Gasteiger partial charge in [-0.05, 0) is 20.4 Å². The molecule has 5 nitrogen and oxygen atoms in total. The summed E-state index contributed by atoms with van der Waals surface area (Å²) in [6.45, 7) is 2.46. The third-order valence-electron chi connectivity index (χ3n) is 2.35. The summed E-state index contributed by atoms with van der Waals surface area (Å²) in [6, 6.07) is 0.0798. The van der Waals surface area contributed by atoms with Crippen molar-refractivity contribution in [2.75, 3.05) is 13.6 Å². The predicted molar refractivity (Wildman–Crippen MR) is 45.0 cm³/mol. The van der Waals surface area contributed by atoms with Gasteiger partial charge in [-0.3, -0.25) is 4.90 Å². The van der Waals surface area contributed by atoms with Gasteiger partial charge in [-0.15, -0.1) is 0 Å². The summed E-state index contributed by atoms with van der Waals surface area (Å²) in [5, 5.41) is 13.1. The summed E-state index contributed by atoms with van der Waals surface area (Å²) in [6.07, 6.45) is 0.403. The molecule has 2 rings (SSSR count). The highest BCUT2D eigenvalue weighted by Gasteiger charge is 2.32. The van der Waals surface area contributed by atoms with E-state index in [1.807, 2.05) is 11.9 Å². The van der Waals surface area contributed by atoms with Crippen molar-refractivity contribution in [2.24, 2.45) is 0 Å². The maximum absolute atomic E-state index is 9.41. The van der Waals surface area contributed by atoms with Crippen LogP contribution in [0.15, 0.2) is 4.52 Å². The summed E-state index contributed by atoms with van der Waals surface area (Å²) in [7, 11) is 1.94. The molecule has 0 amide bonds. The van der Waals surface area contributed by atoms with Gasteiger partial charge in [0.05, 0.1) is 12.1 Å². The number of aryl methyl sites for hydroxylation is 1. The number of likely N-dealkylation sites (tertiary alicyclic amines) is 1. The topological polar surface area (TPSA) is 62.4 Å². The molecule has 1 N–H and O–H groups in total. The Labute approximate surface area is 76.4 Å². The lowest BCUT2D eigenvalue weighted by atomic mass is 10.2. The minimum Gasteiger partial charge on any atom is -0.392 e. The van der Waals surface area contributed by atoms with E-state index in [9.17, 15) is 5.11 Å². The fraction of sp³-hybridized carbons (Fsp3) is 0.750. The monoisotopic (exact) mass is 183 g/mol. The van der Waals surface area contributed by atoms with Crippen LogP contribution in [-0.2, 0) is 0 Å². The lowest BCUT2D eigenvalue weighted by Crippen LogP contribution is -2.19. The number of aliphatic hydroxyl groups is 1. The predicted octanol–water partition coefficient (Wildman–Crippen LogP) is 0.116. The fourth-order valence-corrected chi connectivity index (χ4v) is 1.71. The van der Waals surface area contributed by atoms with Gasteiger partial charge in [0.1, 0.15) is 0 Å². The molecule has 0 aromatic carbocycles. The van der Waals surface area contributed by atoms with Crippen molar-refractivity contribution in [2.45, 2.75) is 25.5 Å². The third kappa shape index (κ3) is 1.57. The van der Waals surface area contributed by atoms with Crippen molar-refractivity contribution in [3.05, 3.63) is 11.7 Å². The van der Waals surface area contributed by atoms with Crippen molar-refractivity contribution in [1.82, 2.24) is 15.0 Å². The van der Waals surface area contributed by atoms with E-state index in [0.717, 1.165) is 0 Å². The highest BCUT2D eigenvalue weighted by Crippen LogP contribution is 2.29. The lowest BCUT2D eigenvalue weighted by Gasteiger charge is -2.13. The molecule has 0 aliphatic carbocycles. The molecule has 5 heteroatoms. The third-order valence-corrected chi connectivity index (χ3v) is 2.35. The van der Waals surface area contributed by atoms with Gasteiger partial charge in [-0.1, -0.05) is 5.16 Å². The Morgan fingerprint density at radius 2 is 2.38 bits per heavy atom. The van der Waals surface area contributed by atoms with Gasteiger partial charge in [0, 0.05) is 6.54 Å². The number of β-amino-alcohol motifs (C(OH)–C–C–N with tert-alkyl or cyclic N) is 1. The molecule has 1 aliphatic rings. The number of aromatic nitrogens is 2. The Hall–Kier alpha value is -0.940. The molecule has 0 bridgehead atoms. The van der Waals surface area contributed by atoms with Crippen molar-refractivity contribution in [3.63, 3.8) is 0 Å². The van der Waals surface area contributed by atoms with Crippen molar-refractivity contribution >= 4 is 0 Å². The second-order valence-electron chi connectivity index (χ2n) is 3.52. The zero-order chi connectivity index (χ0) is 9.42. The molecular weight excluding hydrogens is 170 g/mol. The Kier molecular flexibility index (Phi) is 2.05. The van der Waals surface area contributed by atoms with Gasteiger partial charge in [-0.25, -0.2) is 0 Å². The summed E-state index contributed by atoms with van der Waals surface area (Å²) < 4.78 is 5.05. The smallest absolute Gasteiger partial charge is 0.244 e. The van der Waals surface area contributed by atoms with E-state index in [1.165, 1.54) is 0 Å². The maximum atomic E-state index is 9.41. The lowest BCUT2D eigenvalue weighted by molar-refractivity contribution is 0.182. The standard InChI is InChI=1S/C8H13N3O2/c1-5-9-8(13-10-5)7-3-6(12)4-11(7)2/h6-7,12H,3-4H2,1-2H3/t6-,7-/m1/s1. The molecule has 0 spiro atoms. The van der Waals surface area contributed by atoms with Crippen molar-refractivity contribution in [1.29, 1.82) is 0 Å². The largest absolute Gasteiger partial charge is 0.392 e.